The van der Waals surface area contributed by atoms with Crippen LogP contribution < -0.4 is 0 Å². The first kappa shape index (κ1) is 19.0. The van der Waals surface area contributed by atoms with Crippen LogP contribution in [0.5, 0.6) is 0 Å². The van der Waals surface area contributed by atoms with Gasteiger partial charge in [-0.2, -0.15) is 0 Å². The van der Waals surface area contributed by atoms with Gasteiger partial charge in [0.15, 0.2) is 5.82 Å². The Morgan fingerprint density at radius 1 is 1.25 bits per heavy atom. The fourth-order valence-corrected chi connectivity index (χ4v) is 4.19. The van der Waals surface area contributed by atoms with Gasteiger partial charge in [0, 0.05) is 18.1 Å². The van der Waals surface area contributed by atoms with E-state index in [1.165, 1.54) is 18.4 Å². The van der Waals surface area contributed by atoms with Gasteiger partial charge in [0.1, 0.15) is 0 Å². The van der Waals surface area contributed by atoms with Crippen LogP contribution in [0, 0.1) is 5.92 Å². The Labute approximate surface area is 167 Å². The highest BCUT2D eigenvalue weighted by Crippen LogP contribution is 2.34. The molecule has 0 N–H and O–H groups in total. The van der Waals surface area contributed by atoms with Crippen molar-refractivity contribution in [2.24, 2.45) is 5.92 Å². The lowest BCUT2D eigenvalue weighted by atomic mass is 9.94. The number of tetrazole rings is 1. The molecule has 1 aliphatic heterocycles. The molecule has 1 aromatic carbocycles. The maximum absolute atomic E-state index is 4.53. The number of hydrogen-bond acceptors (Lipinski definition) is 5. The normalized spacial score (nSPS) is 19.8. The van der Waals surface area contributed by atoms with Gasteiger partial charge < -0.3 is 0 Å². The van der Waals surface area contributed by atoms with Crippen molar-refractivity contribution < 1.29 is 0 Å². The molecule has 148 valence electrons. The minimum Gasteiger partial charge on any atom is -0.289 e. The van der Waals surface area contributed by atoms with Gasteiger partial charge in [-0.05, 0) is 79.8 Å². The van der Waals surface area contributed by atoms with Crippen LogP contribution in [0.4, 0.5) is 0 Å². The van der Waals surface area contributed by atoms with Crippen molar-refractivity contribution in [1.29, 1.82) is 0 Å². The molecule has 1 fully saturated rings. The van der Waals surface area contributed by atoms with Crippen molar-refractivity contribution in [3.8, 4) is 0 Å². The first-order chi connectivity index (χ1) is 13.5. The maximum Gasteiger partial charge on any atom is 0.173 e. The molecule has 0 unspecified atom stereocenters. The molecule has 2 atom stereocenters. The number of piperidine rings is 1. The van der Waals surface area contributed by atoms with Crippen molar-refractivity contribution in [2.75, 3.05) is 13.1 Å². The molecule has 6 heteroatoms. The van der Waals surface area contributed by atoms with Crippen LogP contribution in [-0.2, 0) is 5.54 Å². The van der Waals surface area contributed by atoms with Gasteiger partial charge in [0.05, 0.1) is 17.1 Å². The van der Waals surface area contributed by atoms with Gasteiger partial charge in [0.2, 0.25) is 0 Å². The monoisotopic (exact) mass is 378 g/mol. The molecule has 3 heterocycles. The largest absolute Gasteiger partial charge is 0.289 e. The fraction of sp³-hybridized carbons (Fsp3) is 0.545. The predicted octanol–water partition coefficient (Wildman–Crippen LogP) is 4.19. The molecule has 0 amide bonds. The Hall–Kier alpha value is -2.34. The molecule has 1 saturated heterocycles. The Bertz CT molecular complexity index is 947. The van der Waals surface area contributed by atoms with Gasteiger partial charge in [-0.3, -0.25) is 9.88 Å². The Morgan fingerprint density at radius 3 is 2.89 bits per heavy atom. The summed E-state index contributed by atoms with van der Waals surface area (Å²) in [7, 11) is 0. The molecule has 6 nitrogen and oxygen atoms in total. The van der Waals surface area contributed by atoms with E-state index >= 15 is 0 Å². The molecular formula is C22H30N6. The lowest BCUT2D eigenvalue weighted by Crippen LogP contribution is -2.40. The van der Waals surface area contributed by atoms with Crippen molar-refractivity contribution in [1.82, 2.24) is 30.1 Å². The quantitative estimate of drug-likeness (QED) is 0.666. The first-order valence-electron chi connectivity index (χ1n) is 10.4. The van der Waals surface area contributed by atoms with E-state index in [1.807, 2.05) is 16.9 Å². The SMILES string of the molecule is CCC(C)(C)n1nnnc1[C@H](c1ccc2ncccc2c1)N1CCC[C@H](C)C1. The zero-order valence-corrected chi connectivity index (χ0v) is 17.3. The Morgan fingerprint density at radius 2 is 2.11 bits per heavy atom. The smallest absolute Gasteiger partial charge is 0.173 e. The summed E-state index contributed by atoms with van der Waals surface area (Å²) in [6, 6.07) is 10.7. The van der Waals surface area contributed by atoms with Crippen LogP contribution in [0.25, 0.3) is 10.9 Å². The van der Waals surface area contributed by atoms with Crippen molar-refractivity contribution in [3.63, 3.8) is 0 Å². The van der Waals surface area contributed by atoms with Crippen LogP contribution in [-0.4, -0.2) is 43.2 Å². The summed E-state index contributed by atoms with van der Waals surface area (Å²) < 4.78 is 2.03. The standard InChI is InChI=1S/C22H30N6/c1-5-22(3,4)28-21(24-25-26-28)20(27-13-7-8-16(2)15-27)18-10-11-19-17(14-18)9-6-12-23-19/h6,9-12,14,16,20H,5,7-8,13,15H2,1-4H3/t16-,20-/m0/s1. The average molecular weight is 379 g/mol. The van der Waals surface area contributed by atoms with E-state index in [0.29, 0.717) is 5.92 Å². The average Bonchev–Trinajstić information content (AvgIpc) is 3.18. The third kappa shape index (κ3) is 3.53. The molecule has 0 radical (unpaired) electrons. The molecule has 1 aliphatic rings. The highest BCUT2D eigenvalue weighted by atomic mass is 15.6. The molecule has 0 spiro atoms. The van der Waals surface area contributed by atoms with Gasteiger partial charge in [-0.15, -0.1) is 5.10 Å². The van der Waals surface area contributed by atoms with Gasteiger partial charge in [-0.1, -0.05) is 26.0 Å². The summed E-state index contributed by atoms with van der Waals surface area (Å²) in [6.45, 7) is 11.1. The zero-order valence-electron chi connectivity index (χ0n) is 17.3. The Kier molecular flexibility index (Phi) is 5.15. The summed E-state index contributed by atoms with van der Waals surface area (Å²) in [5.41, 5.74) is 2.12. The van der Waals surface area contributed by atoms with Gasteiger partial charge >= 0.3 is 0 Å². The van der Waals surface area contributed by atoms with Crippen LogP contribution in [0.15, 0.2) is 36.5 Å². The second-order valence-corrected chi connectivity index (χ2v) is 8.72. The zero-order chi connectivity index (χ0) is 19.7. The number of likely N-dealkylation sites (tertiary alicyclic amines) is 1. The highest BCUT2D eigenvalue weighted by molar-refractivity contribution is 5.79. The molecule has 3 aromatic rings. The first-order valence-corrected chi connectivity index (χ1v) is 10.4. The van der Waals surface area contributed by atoms with Gasteiger partial charge in [0.25, 0.3) is 0 Å². The van der Waals surface area contributed by atoms with E-state index in [-0.39, 0.29) is 11.6 Å². The number of fused-ring (bicyclic) bond motifs is 1. The molecule has 0 bridgehead atoms. The lowest BCUT2D eigenvalue weighted by Gasteiger charge is -2.38. The number of pyridine rings is 1. The van der Waals surface area contributed by atoms with Crippen molar-refractivity contribution in [3.05, 3.63) is 47.9 Å². The van der Waals surface area contributed by atoms with Gasteiger partial charge in [-0.25, -0.2) is 4.68 Å². The predicted molar refractivity (Wildman–Crippen MR) is 111 cm³/mol. The molecule has 0 aliphatic carbocycles. The number of hydrogen-bond donors (Lipinski definition) is 0. The van der Waals surface area contributed by atoms with E-state index in [9.17, 15) is 0 Å². The van der Waals surface area contributed by atoms with Crippen LogP contribution in [0.1, 0.15) is 64.4 Å². The molecule has 28 heavy (non-hydrogen) atoms. The van der Waals surface area contributed by atoms with Crippen LogP contribution >= 0.6 is 0 Å². The van der Waals surface area contributed by atoms with E-state index in [2.05, 4.69) is 77.4 Å². The van der Waals surface area contributed by atoms with E-state index in [4.69, 9.17) is 0 Å². The summed E-state index contributed by atoms with van der Waals surface area (Å²) in [5, 5.41) is 14.2. The summed E-state index contributed by atoms with van der Waals surface area (Å²) in [6.07, 6.45) is 5.31. The third-order valence-corrected chi connectivity index (χ3v) is 6.17. The fourth-order valence-electron chi connectivity index (χ4n) is 4.19. The maximum atomic E-state index is 4.53. The second-order valence-electron chi connectivity index (χ2n) is 8.72. The second kappa shape index (κ2) is 7.59. The highest BCUT2D eigenvalue weighted by Gasteiger charge is 2.34. The summed E-state index contributed by atoms with van der Waals surface area (Å²) in [4.78, 5) is 7.04. The number of rotatable bonds is 5. The Balaban J connectivity index is 1.84. The summed E-state index contributed by atoms with van der Waals surface area (Å²) >= 11 is 0. The van der Waals surface area contributed by atoms with Crippen molar-refractivity contribution >= 4 is 10.9 Å². The van der Waals surface area contributed by atoms with E-state index < -0.39 is 0 Å². The molecule has 2 aromatic heterocycles. The minimum atomic E-state index is -0.128. The number of benzene rings is 1. The topological polar surface area (TPSA) is 59.7 Å². The van der Waals surface area contributed by atoms with E-state index in [0.717, 1.165) is 36.2 Å². The number of nitrogens with zero attached hydrogens (tertiary/aromatic N) is 6. The lowest BCUT2D eigenvalue weighted by molar-refractivity contribution is 0.136. The number of aromatic nitrogens is 5. The third-order valence-electron chi connectivity index (χ3n) is 6.17. The molecule has 4 rings (SSSR count). The van der Waals surface area contributed by atoms with Crippen molar-refractivity contribution in [2.45, 2.75) is 58.5 Å². The summed E-state index contributed by atoms with van der Waals surface area (Å²) in [5.74, 6) is 1.62. The minimum absolute atomic E-state index is 0.0492. The van der Waals surface area contributed by atoms with Crippen LogP contribution in [0.3, 0.4) is 0 Å². The van der Waals surface area contributed by atoms with Crippen LogP contribution in [0.2, 0.25) is 0 Å². The molecule has 0 saturated carbocycles. The molecular weight excluding hydrogens is 348 g/mol. The van der Waals surface area contributed by atoms with E-state index in [1.54, 1.807) is 0 Å².